The summed E-state index contributed by atoms with van der Waals surface area (Å²) in [5, 5.41) is 0. The van der Waals surface area contributed by atoms with Crippen LogP contribution in [0.1, 0.15) is 46.5 Å². The summed E-state index contributed by atoms with van der Waals surface area (Å²) in [4.78, 5) is 0. The van der Waals surface area contributed by atoms with E-state index in [1.165, 1.54) is 0 Å². The second-order valence-corrected chi connectivity index (χ2v) is 3.48. The smallest absolute Gasteiger partial charge is 0.207 e. The van der Waals surface area contributed by atoms with Crippen LogP contribution in [0.3, 0.4) is 0 Å². The Labute approximate surface area is 68.0 Å². The molecule has 0 bridgehead atoms. The van der Waals surface area contributed by atoms with Gasteiger partial charge < -0.3 is 0 Å². The molecule has 0 aromatic carbocycles. The quantitative estimate of drug-likeness (QED) is 0.578. The van der Waals surface area contributed by atoms with E-state index in [2.05, 4.69) is 13.8 Å². The van der Waals surface area contributed by atoms with Crippen LogP contribution in [0.15, 0.2) is 0 Å². The molecule has 0 nitrogen and oxygen atoms in total. The van der Waals surface area contributed by atoms with Crippen molar-refractivity contribution in [3.8, 4) is 0 Å². The molecule has 11 heavy (non-hydrogen) atoms. The average molecular weight is 164 g/mol. The van der Waals surface area contributed by atoms with Crippen LogP contribution in [0.5, 0.6) is 0 Å². The predicted octanol–water partition coefficient (Wildman–Crippen LogP) is 3.86. The molecule has 0 rings (SSSR count). The third-order valence-electron chi connectivity index (χ3n) is 2.01. The minimum absolute atomic E-state index is 0.0390. The minimum Gasteiger partial charge on any atom is -0.207 e. The second-order valence-electron chi connectivity index (χ2n) is 3.48. The zero-order valence-electron chi connectivity index (χ0n) is 7.66. The lowest BCUT2D eigenvalue weighted by molar-refractivity contribution is 0.00956. The fourth-order valence-corrected chi connectivity index (χ4v) is 0.965. The first-order valence-corrected chi connectivity index (χ1v) is 4.33. The van der Waals surface area contributed by atoms with Crippen LogP contribution in [-0.2, 0) is 0 Å². The van der Waals surface area contributed by atoms with Gasteiger partial charge in [-0.2, -0.15) is 0 Å². The average Bonchev–Trinajstić information content (AvgIpc) is 1.85. The Balaban J connectivity index is 3.28. The molecule has 2 heteroatoms. The van der Waals surface area contributed by atoms with E-state index >= 15 is 0 Å². The Hall–Kier alpha value is -0.140. The zero-order chi connectivity index (χ0) is 8.91. The van der Waals surface area contributed by atoms with Crippen LogP contribution < -0.4 is 0 Å². The van der Waals surface area contributed by atoms with Gasteiger partial charge >= 0.3 is 0 Å². The van der Waals surface area contributed by atoms with Crippen molar-refractivity contribution in [2.45, 2.75) is 52.4 Å². The van der Waals surface area contributed by atoms with Crippen molar-refractivity contribution in [2.24, 2.45) is 5.92 Å². The van der Waals surface area contributed by atoms with E-state index in [-0.39, 0.29) is 6.42 Å². The highest BCUT2D eigenvalue weighted by Gasteiger charge is 2.19. The lowest BCUT2D eigenvalue weighted by Gasteiger charge is -2.11. The van der Waals surface area contributed by atoms with Crippen LogP contribution in [0.4, 0.5) is 8.78 Å². The number of rotatable bonds is 5. The molecule has 0 aromatic rings. The molecule has 0 radical (unpaired) electrons. The van der Waals surface area contributed by atoms with Crippen LogP contribution in [0, 0.1) is 5.92 Å². The summed E-state index contributed by atoms with van der Waals surface area (Å²) >= 11 is 0. The van der Waals surface area contributed by atoms with Crippen molar-refractivity contribution < 1.29 is 8.78 Å². The van der Waals surface area contributed by atoms with E-state index in [0.29, 0.717) is 12.3 Å². The van der Waals surface area contributed by atoms with Gasteiger partial charge in [0.25, 0.3) is 0 Å². The molecule has 0 fully saturated rings. The molecule has 0 aliphatic rings. The van der Waals surface area contributed by atoms with E-state index in [4.69, 9.17) is 0 Å². The van der Waals surface area contributed by atoms with Gasteiger partial charge in [0.15, 0.2) is 0 Å². The fraction of sp³-hybridized carbons (Fsp3) is 1.00. The highest BCUT2D eigenvalue weighted by molar-refractivity contribution is 4.59. The first-order valence-electron chi connectivity index (χ1n) is 4.33. The normalized spacial score (nSPS) is 15.0. The van der Waals surface area contributed by atoms with Crippen LogP contribution in [0.25, 0.3) is 0 Å². The van der Waals surface area contributed by atoms with Gasteiger partial charge in [-0.1, -0.05) is 26.7 Å². The molecule has 0 aromatic heterocycles. The first-order chi connectivity index (χ1) is 4.95. The number of hydrogen-bond acceptors (Lipinski definition) is 0. The SMILES string of the molecule is CCC(C)CCCC(C)(F)F. The monoisotopic (exact) mass is 164 g/mol. The molecule has 0 aliphatic heterocycles. The Kier molecular flexibility index (Phi) is 4.62. The van der Waals surface area contributed by atoms with Crippen molar-refractivity contribution in [1.29, 1.82) is 0 Å². The zero-order valence-corrected chi connectivity index (χ0v) is 7.66. The third kappa shape index (κ3) is 7.76. The highest BCUT2D eigenvalue weighted by atomic mass is 19.3. The van der Waals surface area contributed by atoms with Crippen LogP contribution in [-0.4, -0.2) is 5.92 Å². The number of halogens is 2. The van der Waals surface area contributed by atoms with Crippen molar-refractivity contribution in [3.63, 3.8) is 0 Å². The van der Waals surface area contributed by atoms with Crippen molar-refractivity contribution in [2.75, 3.05) is 0 Å². The first kappa shape index (κ1) is 10.9. The van der Waals surface area contributed by atoms with E-state index in [1.807, 2.05) is 0 Å². The van der Waals surface area contributed by atoms with Gasteiger partial charge in [0.1, 0.15) is 0 Å². The molecule has 0 heterocycles. The van der Waals surface area contributed by atoms with E-state index in [9.17, 15) is 8.78 Å². The minimum atomic E-state index is -2.46. The fourth-order valence-electron chi connectivity index (χ4n) is 0.965. The van der Waals surface area contributed by atoms with E-state index in [0.717, 1.165) is 19.8 Å². The van der Waals surface area contributed by atoms with Gasteiger partial charge in [-0.3, -0.25) is 0 Å². The predicted molar refractivity (Wildman–Crippen MR) is 43.9 cm³/mol. The standard InChI is InChI=1S/C9H18F2/c1-4-8(2)6-5-7-9(3,10)11/h8H,4-7H2,1-3H3. The summed E-state index contributed by atoms with van der Waals surface area (Å²) in [6.07, 6.45) is 2.71. The Bertz CT molecular complexity index is 94.2. The summed E-state index contributed by atoms with van der Waals surface area (Å²) in [7, 11) is 0. The van der Waals surface area contributed by atoms with Gasteiger partial charge in [0, 0.05) is 6.42 Å². The molecule has 0 saturated carbocycles. The maximum atomic E-state index is 12.3. The van der Waals surface area contributed by atoms with Crippen molar-refractivity contribution in [3.05, 3.63) is 0 Å². The van der Waals surface area contributed by atoms with Crippen LogP contribution >= 0.6 is 0 Å². The van der Waals surface area contributed by atoms with Gasteiger partial charge in [-0.15, -0.1) is 0 Å². The maximum absolute atomic E-state index is 12.3. The van der Waals surface area contributed by atoms with Gasteiger partial charge in [-0.05, 0) is 19.3 Å². The molecule has 1 atom stereocenters. The molecule has 0 saturated heterocycles. The molecule has 68 valence electrons. The lowest BCUT2D eigenvalue weighted by atomic mass is 10.0. The molecule has 0 spiro atoms. The molecular formula is C9H18F2. The summed E-state index contributed by atoms with van der Waals surface area (Å²) in [5.41, 5.74) is 0. The van der Waals surface area contributed by atoms with E-state index < -0.39 is 5.92 Å². The number of alkyl halides is 2. The topological polar surface area (TPSA) is 0 Å². The molecule has 1 unspecified atom stereocenters. The third-order valence-corrected chi connectivity index (χ3v) is 2.01. The van der Waals surface area contributed by atoms with E-state index in [1.54, 1.807) is 0 Å². The Morgan fingerprint density at radius 1 is 1.36 bits per heavy atom. The summed E-state index contributed by atoms with van der Waals surface area (Å²) in [6, 6.07) is 0. The molecular weight excluding hydrogens is 146 g/mol. The van der Waals surface area contributed by atoms with Gasteiger partial charge in [0.05, 0.1) is 0 Å². The molecule has 0 N–H and O–H groups in total. The second kappa shape index (κ2) is 4.68. The Morgan fingerprint density at radius 2 is 1.91 bits per heavy atom. The highest BCUT2D eigenvalue weighted by Crippen LogP contribution is 2.22. The summed E-state index contributed by atoms with van der Waals surface area (Å²) < 4.78 is 24.6. The lowest BCUT2D eigenvalue weighted by Crippen LogP contribution is -2.09. The number of hydrogen-bond donors (Lipinski definition) is 0. The van der Waals surface area contributed by atoms with Crippen molar-refractivity contribution >= 4 is 0 Å². The molecule has 0 amide bonds. The van der Waals surface area contributed by atoms with Crippen molar-refractivity contribution in [1.82, 2.24) is 0 Å². The summed E-state index contributed by atoms with van der Waals surface area (Å²) in [5.74, 6) is -1.87. The Morgan fingerprint density at radius 3 is 2.27 bits per heavy atom. The van der Waals surface area contributed by atoms with Gasteiger partial charge in [0.2, 0.25) is 5.92 Å². The largest absolute Gasteiger partial charge is 0.245 e. The maximum Gasteiger partial charge on any atom is 0.245 e. The van der Waals surface area contributed by atoms with Crippen LogP contribution in [0.2, 0.25) is 0 Å². The van der Waals surface area contributed by atoms with Gasteiger partial charge in [-0.25, -0.2) is 8.78 Å². The summed E-state index contributed by atoms with van der Waals surface area (Å²) in [6.45, 7) is 5.19. The molecule has 0 aliphatic carbocycles.